The lowest BCUT2D eigenvalue weighted by Crippen LogP contribution is -2.26. The first kappa shape index (κ1) is 18.0. The Morgan fingerprint density at radius 3 is 2.46 bits per heavy atom. The minimum absolute atomic E-state index is 0.109. The number of methoxy groups -OCH3 is 1. The van der Waals surface area contributed by atoms with E-state index in [1.165, 1.54) is 0 Å². The van der Waals surface area contributed by atoms with Crippen molar-refractivity contribution >= 4 is 17.6 Å². The molecule has 0 aromatic heterocycles. The summed E-state index contributed by atoms with van der Waals surface area (Å²) in [7, 11) is 1.55. The van der Waals surface area contributed by atoms with Crippen molar-refractivity contribution in [2.45, 2.75) is 26.4 Å². The molecule has 0 spiro atoms. The number of anilines is 1. The van der Waals surface area contributed by atoms with Crippen LogP contribution in [0.5, 0.6) is 5.75 Å². The third-order valence-corrected chi connectivity index (χ3v) is 4.60. The van der Waals surface area contributed by atoms with Gasteiger partial charge in [0, 0.05) is 5.56 Å². The summed E-state index contributed by atoms with van der Waals surface area (Å²) in [6.07, 6.45) is -0.185. The van der Waals surface area contributed by atoms with Gasteiger partial charge in [0.2, 0.25) is 6.10 Å². The highest BCUT2D eigenvalue weighted by molar-refractivity contribution is 5.97. The van der Waals surface area contributed by atoms with Gasteiger partial charge in [-0.25, -0.2) is 0 Å². The summed E-state index contributed by atoms with van der Waals surface area (Å²) in [5, 5.41) is 2.84. The fraction of sp³-hybridized carbons (Fsp3) is 0.333. The molecule has 5 heteroatoms. The van der Waals surface area contributed by atoms with Gasteiger partial charge in [-0.1, -0.05) is 43.3 Å². The molecule has 1 saturated carbocycles. The number of aryl methyl sites for hydroxylation is 1. The van der Waals surface area contributed by atoms with Crippen LogP contribution in [0, 0.1) is 18.8 Å². The molecule has 0 radical (unpaired) electrons. The van der Waals surface area contributed by atoms with Crippen molar-refractivity contribution in [2.75, 3.05) is 12.4 Å². The predicted octanol–water partition coefficient (Wildman–Crippen LogP) is 3.88. The molecule has 0 aliphatic heterocycles. The average molecular weight is 353 g/mol. The Hall–Kier alpha value is -2.82. The van der Waals surface area contributed by atoms with Crippen molar-refractivity contribution in [3.63, 3.8) is 0 Å². The number of hydrogen-bond donors (Lipinski definition) is 1. The summed E-state index contributed by atoms with van der Waals surface area (Å²) in [6.45, 7) is 3.93. The molecule has 0 saturated heterocycles. The van der Waals surface area contributed by atoms with E-state index in [9.17, 15) is 9.59 Å². The first-order valence-electron chi connectivity index (χ1n) is 8.70. The van der Waals surface area contributed by atoms with Gasteiger partial charge in [0.1, 0.15) is 5.75 Å². The minimum atomic E-state index is -0.998. The van der Waals surface area contributed by atoms with Crippen molar-refractivity contribution in [2.24, 2.45) is 11.8 Å². The van der Waals surface area contributed by atoms with Crippen molar-refractivity contribution in [3.8, 4) is 5.75 Å². The van der Waals surface area contributed by atoms with Crippen LogP contribution in [0.2, 0.25) is 0 Å². The van der Waals surface area contributed by atoms with Crippen LogP contribution >= 0.6 is 0 Å². The Bertz CT molecular complexity index is 803. The summed E-state index contributed by atoms with van der Waals surface area (Å²) in [6, 6.07) is 14.6. The van der Waals surface area contributed by atoms with Gasteiger partial charge in [0.05, 0.1) is 18.7 Å². The monoisotopic (exact) mass is 353 g/mol. The Morgan fingerprint density at radius 2 is 1.85 bits per heavy atom. The highest BCUT2D eigenvalue weighted by Gasteiger charge is 2.42. The molecule has 1 aliphatic rings. The van der Waals surface area contributed by atoms with Crippen molar-refractivity contribution in [1.82, 2.24) is 0 Å². The normalized spacial score (nSPS) is 19.3. The van der Waals surface area contributed by atoms with E-state index in [1.807, 2.05) is 44.2 Å². The van der Waals surface area contributed by atoms with E-state index in [0.717, 1.165) is 12.0 Å². The molecule has 1 amide bonds. The van der Waals surface area contributed by atoms with Crippen LogP contribution in [0.1, 0.15) is 30.6 Å². The van der Waals surface area contributed by atoms with Crippen LogP contribution in [-0.2, 0) is 14.3 Å². The number of benzene rings is 2. The van der Waals surface area contributed by atoms with E-state index in [0.29, 0.717) is 22.9 Å². The van der Waals surface area contributed by atoms with Gasteiger partial charge in [-0.15, -0.1) is 0 Å². The second-order valence-corrected chi connectivity index (χ2v) is 6.74. The summed E-state index contributed by atoms with van der Waals surface area (Å²) < 4.78 is 10.9. The zero-order valence-electron chi connectivity index (χ0n) is 15.2. The van der Waals surface area contributed by atoms with Gasteiger partial charge in [-0.2, -0.15) is 0 Å². The zero-order valence-corrected chi connectivity index (χ0v) is 15.2. The van der Waals surface area contributed by atoms with E-state index >= 15 is 0 Å². The molecule has 1 fully saturated rings. The number of carbonyl (C=O) groups is 2. The van der Waals surface area contributed by atoms with Gasteiger partial charge >= 0.3 is 5.97 Å². The fourth-order valence-electron chi connectivity index (χ4n) is 2.87. The van der Waals surface area contributed by atoms with E-state index < -0.39 is 12.0 Å². The van der Waals surface area contributed by atoms with Gasteiger partial charge < -0.3 is 14.8 Å². The van der Waals surface area contributed by atoms with E-state index in [2.05, 4.69) is 5.32 Å². The highest BCUT2D eigenvalue weighted by Crippen LogP contribution is 2.40. The molecule has 136 valence electrons. The summed E-state index contributed by atoms with van der Waals surface area (Å²) in [5.74, 6) is 0.0405. The van der Waals surface area contributed by atoms with Gasteiger partial charge in [0.25, 0.3) is 5.91 Å². The molecule has 0 heterocycles. The van der Waals surface area contributed by atoms with Crippen LogP contribution in [-0.4, -0.2) is 19.0 Å². The van der Waals surface area contributed by atoms with E-state index in [4.69, 9.17) is 9.47 Å². The van der Waals surface area contributed by atoms with E-state index in [-0.39, 0.29) is 11.9 Å². The molecule has 3 atom stereocenters. The second kappa shape index (κ2) is 7.60. The number of carbonyl (C=O) groups excluding carboxylic acids is 2. The standard InChI is InChI=1S/C21H23NO4/c1-13-9-10-18(25-3)17(11-13)22-20(23)19(15-7-5-4-6-8-15)26-21(24)16-12-14(16)2/h4-11,14,16,19H,12H2,1-3H3,(H,22,23)/t14-,16-,19-/m0/s1. The zero-order chi connectivity index (χ0) is 18.7. The smallest absolute Gasteiger partial charge is 0.310 e. The Morgan fingerprint density at radius 1 is 1.15 bits per heavy atom. The molecule has 3 rings (SSSR count). The fourth-order valence-corrected chi connectivity index (χ4v) is 2.87. The lowest BCUT2D eigenvalue weighted by atomic mass is 10.1. The van der Waals surface area contributed by atoms with Gasteiger partial charge in [-0.05, 0) is 37.0 Å². The van der Waals surface area contributed by atoms with Crippen molar-refractivity contribution in [1.29, 1.82) is 0 Å². The molecule has 26 heavy (non-hydrogen) atoms. The lowest BCUT2D eigenvalue weighted by molar-refractivity contribution is -0.156. The molecular weight excluding hydrogens is 330 g/mol. The Balaban J connectivity index is 1.83. The summed E-state index contributed by atoms with van der Waals surface area (Å²) >= 11 is 0. The third kappa shape index (κ3) is 4.04. The topological polar surface area (TPSA) is 64.6 Å². The van der Waals surface area contributed by atoms with Crippen molar-refractivity contribution < 1.29 is 19.1 Å². The molecule has 1 N–H and O–H groups in total. The number of ether oxygens (including phenoxy) is 2. The maximum atomic E-state index is 12.9. The second-order valence-electron chi connectivity index (χ2n) is 6.74. The summed E-state index contributed by atoms with van der Waals surface area (Å²) in [5.41, 5.74) is 2.17. The number of hydrogen-bond acceptors (Lipinski definition) is 4. The molecule has 2 aromatic carbocycles. The lowest BCUT2D eigenvalue weighted by Gasteiger charge is -2.19. The first-order chi connectivity index (χ1) is 12.5. The number of nitrogens with one attached hydrogen (secondary N) is 1. The highest BCUT2D eigenvalue weighted by atomic mass is 16.5. The predicted molar refractivity (Wildman–Crippen MR) is 98.9 cm³/mol. The van der Waals surface area contributed by atoms with Crippen LogP contribution in [0.3, 0.4) is 0 Å². The SMILES string of the molecule is COc1ccc(C)cc1NC(=O)[C@@H](OC(=O)[C@H]1C[C@@H]1C)c1ccccc1. The largest absolute Gasteiger partial charge is 0.495 e. The molecule has 0 unspecified atom stereocenters. The van der Waals surface area contributed by atoms with Gasteiger partial charge in [-0.3, -0.25) is 9.59 Å². The average Bonchev–Trinajstić information content (AvgIpc) is 3.37. The van der Waals surface area contributed by atoms with Crippen molar-refractivity contribution in [3.05, 3.63) is 59.7 Å². The molecule has 1 aliphatic carbocycles. The third-order valence-electron chi connectivity index (χ3n) is 4.60. The quantitative estimate of drug-likeness (QED) is 0.801. The molecule has 5 nitrogen and oxygen atoms in total. The molecule has 2 aromatic rings. The minimum Gasteiger partial charge on any atom is -0.495 e. The summed E-state index contributed by atoms with van der Waals surface area (Å²) in [4.78, 5) is 25.2. The Kier molecular flexibility index (Phi) is 5.26. The maximum Gasteiger partial charge on any atom is 0.310 e. The molecular formula is C21H23NO4. The number of esters is 1. The maximum absolute atomic E-state index is 12.9. The van der Waals surface area contributed by atoms with Crippen LogP contribution in [0.4, 0.5) is 5.69 Å². The van der Waals surface area contributed by atoms with Gasteiger partial charge in [0.15, 0.2) is 0 Å². The van der Waals surface area contributed by atoms with Crippen LogP contribution < -0.4 is 10.1 Å². The Labute approximate surface area is 153 Å². The number of rotatable bonds is 6. The van der Waals surface area contributed by atoms with E-state index in [1.54, 1.807) is 25.3 Å². The number of amides is 1. The first-order valence-corrected chi connectivity index (χ1v) is 8.70. The van der Waals surface area contributed by atoms with Crippen LogP contribution in [0.25, 0.3) is 0 Å². The van der Waals surface area contributed by atoms with Crippen LogP contribution in [0.15, 0.2) is 48.5 Å². The molecule has 0 bridgehead atoms.